The van der Waals surface area contributed by atoms with Gasteiger partial charge in [0.25, 0.3) is 0 Å². The summed E-state index contributed by atoms with van der Waals surface area (Å²) in [4.78, 5) is 35.8. The average molecular weight is 555 g/mol. The summed E-state index contributed by atoms with van der Waals surface area (Å²) in [7, 11) is 1.60. The summed E-state index contributed by atoms with van der Waals surface area (Å²) < 4.78 is 19.0. The highest BCUT2D eigenvalue weighted by Gasteiger charge is 2.33. The minimum atomic E-state index is -0.643. The second kappa shape index (κ2) is 15.7. The highest BCUT2D eigenvalue weighted by molar-refractivity contribution is 5.85. The number of aromatic nitrogens is 2. The molecule has 2 amide bonds. The average Bonchev–Trinajstić information content (AvgIpc) is 2.89. The molecule has 0 radical (unpaired) electrons. The van der Waals surface area contributed by atoms with E-state index in [-0.39, 0.29) is 17.6 Å². The van der Waals surface area contributed by atoms with Crippen molar-refractivity contribution in [3.63, 3.8) is 0 Å². The van der Waals surface area contributed by atoms with Crippen LogP contribution in [0.25, 0.3) is 0 Å². The highest BCUT2D eigenvalue weighted by atomic mass is 19.1. The quantitative estimate of drug-likeness (QED) is 0.228. The summed E-state index contributed by atoms with van der Waals surface area (Å²) in [5.74, 6) is 6.57. The molecule has 2 atom stereocenters. The molecule has 218 valence electrons. The molecule has 0 aliphatic heterocycles. The first kappa shape index (κ1) is 32.3. The van der Waals surface area contributed by atoms with E-state index in [1.54, 1.807) is 46.1 Å². The van der Waals surface area contributed by atoms with Gasteiger partial charge >= 0.3 is 6.09 Å². The first-order valence-corrected chi connectivity index (χ1v) is 13.8. The summed E-state index contributed by atoms with van der Waals surface area (Å²) in [5, 5.41) is 9.21. The van der Waals surface area contributed by atoms with Crippen LogP contribution in [0.2, 0.25) is 0 Å². The van der Waals surface area contributed by atoms with Crippen molar-refractivity contribution >= 4 is 29.5 Å². The van der Waals surface area contributed by atoms with Gasteiger partial charge in [-0.15, -0.1) is 0 Å². The van der Waals surface area contributed by atoms with Gasteiger partial charge < -0.3 is 20.7 Å². The van der Waals surface area contributed by atoms with E-state index in [0.717, 1.165) is 12.8 Å². The van der Waals surface area contributed by atoms with Gasteiger partial charge in [-0.25, -0.2) is 14.2 Å². The predicted molar refractivity (Wildman–Crippen MR) is 157 cm³/mol. The second-order valence-corrected chi connectivity index (χ2v) is 10.6. The summed E-state index contributed by atoms with van der Waals surface area (Å²) in [6, 6.07) is 5.46. The first-order chi connectivity index (χ1) is 18.9. The second-order valence-electron chi connectivity index (χ2n) is 10.6. The molecule has 3 N–H and O–H groups in total. The molecule has 0 spiro atoms. The number of halogens is 1. The third-order valence-corrected chi connectivity index (χ3v) is 5.96. The van der Waals surface area contributed by atoms with Crippen LogP contribution in [-0.2, 0) is 9.53 Å². The van der Waals surface area contributed by atoms with Crippen molar-refractivity contribution in [3.8, 4) is 11.8 Å². The van der Waals surface area contributed by atoms with Gasteiger partial charge in [0.05, 0.1) is 11.8 Å². The Morgan fingerprint density at radius 3 is 2.60 bits per heavy atom. The zero-order valence-corrected chi connectivity index (χ0v) is 24.7. The number of nitrogens with zero attached hydrogens (tertiary/aromatic N) is 3. The van der Waals surface area contributed by atoms with E-state index in [1.165, 1.54) is 17.0 Å². The van der Waals surface area contributed by atoms with Crippen molar-refractivity contribution in [3.05, 3.63) is 41.8 Å². The number of amides is 2. The van der Waals surface area contributed by atoms with Crippen molar-refractivity contribution in [1.82, 2.24) is 20.2 Å². The molecule has 0 saturated carbocycles. The molecule has 1 unspecified atom stereocenters. The standard InChI is InChI=1S/C30H43FN6O3/c1-8-17-32-26-22(20-34-28(36-26)35-24-16-13-15-23(31)19-24)14-11-10-12-18-33-27(38)25(21(3)9-2)37(7)29(39)40-30(4,5)6/h13,15-16,19-21,25H,8-10,12,17-18H2,1-7H3,(H,33,38)(H2,32,34,35,36)/t21?,25-/m0/s1. The lowest BCUT2D eigenvalue weighted by Crippen LogP contribution is -2.52. The highest BCUT2D eigenvalue weighted by Crippen LogP contribution is 2.19. The maximum absolute atomic E-state index is 13.5. The van der Waals surface area contributed by atoms with Crippen LogP contribution in [-0.4, -0.2) is 58.6 Å². The molecule has 2 aromatic rings. The Labute approximate surface area is 237 Å². The number of carbonyl (C=O) groups excluding carboxylic acids is 2. The van der Waals surface area contributed by atoms with Gasteiger partial charge in [-0.05, 0) is 57.7 Å². The fourth-order valence-corrected chi connectivity index (χ4v) is 3.74. The molecular weight excluding hydrogens is 511 g/mol. The van der Waals surface area contributed by atoms with Gasteiger partial charge in [0.15, 0.2) is 0 Å². The zero-order valence-electron chi connectivity index (χ0n) is 24.7. The number of likely N-dealkylation sites (N-methyl/N-ethyl adjacent to an activating group) is 1. The summed E-state index contributed by atoms with van der Waals surface area (Å²) >= 11 is 0. The predicted octanol–water partition coefficient (Wildman–Crippen LogP) is 5.71. The van der Waals surface area contributed by atoms with E-state index in [2.05, 4.69) is 44.7 Å². The van der Waals surface area contributed by atoms with Crippen LogP contribution in [0.4, 0.5) is 26.6 Å². The normalized spacial score (nSPS) is 12.4. The number of nitrogens with one attached hydrogen (secondary N) is 3. The van der Waals surface area contributed by atoms with E-state index in [9.17, 15) is 14.0 Å². The fraction of sp³-hybridized carbons (Fsp3) is 0.533. The maximum Gasteiger partial charge on any atom is 0.410 e. The van der Waals surface area contributed by atoms with Crippen LogP contribution in [0.15, 0.2) is 30.5 Å². The van der Waals surface area contributed by atoms with Crippen LogP contribution in [0.5, 0.6) is 0 Å². The Balaban J connectivity index is 1.98. The Kier molecular flexibility index (Phi) is 12.7. The third-order valence-electron chi connectivity index (χ3n) is 5.96. The fourth-order valence-electron chi connectivity index (χ4n) is 3.74. The van der Waals surface area contributed by atoms with E-state index in [1.807, 2.05) is 13.8 Å². The number of ether oxygens (including phenoxy) is 1. The third kappa shape index (κ3) is 10.7. The number of anilines is 3. The van der Waals surface area contributed by atoms with Crippen LogP contribution in [0.1, 0.15) is 72.8 Å². The molecular formula is C30H43FN6O3. The maximum atomic E-state index is 13.5. The molecule has 10 heteroatoms. The van der Waals surface area contributed by atoms with Crippen LogP contribution in [0.3, 0.4) is 0 Å². The Morgan fingerprint density at radius 1 is 1.20 bits per heavy atom. The van der Waals surface area contributed by atoms with Crippen molar-refractivity contribution in [2.75, 3.05) is 30.8 Å². The molecule has 0 fully saturated rings. The van der Waals surface area contributed by atoms with Gasteiger partial charge in [-0.2, -0.15) is 4.98 Å². The summed E-state index contributed by atoms with van der Waals surface area (Å²) in [5.41, 5.74) is 0.559. The summed E-state index contributed by atoms with van der Waals surface area (Å²) in [6.45, 7) is 12.5. The Hall–Kier alpha value is -3.87. The number of hydrogen-bond donors (Lipinski definition) is 3. The monoisotopic (exact) mass is 554 g/mol. The lowest BCUT2D eigenvalue weighted by Gasteiger charge is -2.33. The molecule has 0 aliphatic carbocycles. The number of rotatable bonds is 12. The molecule has 0 bridgehead atoms. The van der Waals surface area contributed by atoms with Gasteiger partial charge in [0.1, 0.15) is 23.3 Å². The first-order valence-electron chi connectivity index (χ1n) is 13.8. The molecule has 1 aromatic carbocycles. The van der Waals surface area contributed by atoms with E-state index in [4.69, 9.17) is 4.74 Å². The van der Waals surface area contributed by atoms with E-state index >= 15 is 0 Å². The lowest BCUT2D eigenvalue weighted by molar-refractivity contribution is -0.127. The molecule has 1 heterocycles. The number of hydrogen-bond acceptors (Lipinski definition) is 7. The number of benzene rings is 1. The lowest BCUT2D eigenvalue weighted by atomic mass is 9.97. The van der Waals surface area contributed by atoms with Gasteiger partial charge in [0.2, 0.25) is 11.9 Å². The zero-order chi connectivity index (χ0) is 29.7. The van der Waals surface area contributed by atoms with Crippen molar-refractivity contribution < 1.29 is 18.7 Å². The molecule has 1 aromatic heterocycles. The minimum absolute atomic E-state index is 0.0373. The largest absolute Gasteiger partial charge is 0.444 e. The molecule has 40 heavy (non-hydrogen) atoms. The smallest absolute Gasteiger partial charge is 0.410 e. The molecule has 9 nitrogen and oxygen atoms in total. The molecule has 0 aliphatic rings. The Bertz CT molecular complexity index is 1190. The van der Waals surface area contributed by atoms with Gasteiger partial charge in [0, 0.05) is 32.2 Å². The number of unbranched alkanes of at least 4 members (excludes halogenated alkanes) is 1. The van der Waals surface area contributed by atoms with Crippen LogP contribution in [0, 0.1) is 23.6 Å². The number of carbonyl (C=O) groups is 2. The van der Waals surface area contributed by atoms with Crippen molar-refractivity contribution in [2.24, 2.45) is 5.92 Å². The van der Waals surface area contributed by atoms with Crippen molar-refractivity contribution in [1.29, 1.82) is 0 Å². The van der Waals surface area contributed by atoms with Gasteiger partial charge in [-0.3, -0.25) is 9.69 Å². The minimum Gasteiger partial charge on any atom is -0.444 e. The molecule has 2 rings (SSSR count). The van der Waals surface area contributed by atoms with Crippen molar-refractivity contribution in [2.45, 2.75) is 78.9 Å². The van der Waals surface area contributed by atoms with Gasteiger partial charge in [-0.1, -0.05) is 45.1 Å². The van der Waals surface area contributed by atoms with Crippen LogP contribution >= 0.6 is 0 Å². The van der Waals surface area contributed by atoms with Crippen LogP contribution < -0.4 is 16.0 Å². The SMILES string of the molecule is CCCNc1nc(Nc2cccc(F)c2)ncc1C#CCCCNC(=O)[C@H](C(C)CC)N(C)C(=O)OC(C)(C)C. The topological polar surface area (TPSA) is 108 Å². The van der Waals surface area contributed by atoms with E-state index in [0.29, 0.717) is 48.9 Å². The molecule has 0 saturated heterocycles. The van der Waals surface area contributed by atoms with E-state index < -0.39 is 17.7 Å². The Morgan fingerprint density at radius 2 is 1.95 bits per heavy atom. The summed E-state index contributed by atoms with van der Waals surface area (Å²) in [6.07, 6.45) is 3.94.